The van der Waals surface area contributed by atoms with E-state index in [1.54, 1.807) is 0 Å². The van der Waals surface area contributed by atoms with Crippen LogP contribution in [0.25, 0.3) is 0 Å². The Bertz CT molecular complexity index is 669. The number of carbonyl (C=O) groups excluding carboxylic acids is 1. The molecule has 1 amide bonds. The first kappa shape index (κ1) is 13.7. The summed E-state index contributed by atoms with van der Waals surface area (Å²) < 4.78 is 13.4. The highest BCUT2D eigenvalue weighted by Crippen LogP contribution is 2.14. The fourth-order valence-corrected chi connectivity index (χ4v) is 1.63. The Morgan fingerprint density at radius 1 is 1.25 bits per heavy atom. The smallest absolute Gasteiger partial charge is 0.337 e. The van der Waals surface area contributed by atoms with E-state index in [2.05, 4.69) is 10.3 Å². The first-order valence-corrected chi connectivity index (χ1v) is 5.75. The Kier molecular flexibility index (Phi) is 3.74. The van der Waals surface area contributed by atoms with E-state index in [0.717, 1.165) is 6.20 Å². The van der Waals surface area contributed by atoms with Gasteiger partial charge in [0.2, 0.25) is 0 Å². The van der Waals surface area contributed by atoms with E-state index in [9.17, 15) is 14.0 Å². The Balaban J connectivity index is 2.19. The summed E-state index contributed by atoms with van der Waals surface area (Å²) in [7, 11) is 0. The summed E-state index contributed by atoms with van der Waals surface area (Å²) >= 11 is 0. The first-order valence-electron chi connectivity index (χ1n) is 5.75. The number of anilines is 1. The molecule has 102 valence electrons. The lowest BCUT2D eigenvalue weighted by Crippen LogP contribution is -2.15. The molecule has 0 spiro atoms. The van der Waals surface area contributed by atoms with Crippen molar-refractivity contribution in [1.82, 2.24) is 4.98 Å². The van der Waals surface area contributed by atoms with Crippen molar-refractivity contribution in [3.05, 3.63) is 59.0 Å². The SMILES string of the molecule is Cc1c(F)cccc1C(=O)Nc1ccc(C(=O)O)cn1. The lowest BCUT2D eigenvalue weighted by molar-refractivity contribution is 0.0696. The summed E-state index contributed by atoms with van der Waals surface area (Å²) in [5.74, 6) is -1.87. The predicted octanol–water partition coefficient (Wildman–Crippen LogP) is 2.48. The first-order chi connectivity index (χ1) is 9.49. The molecule has 0 unspecified atom stereocenters. The number of benzene rings is 1. The van der Waals surface area contributed by atoms with Crippen LogP contribution in [0.5, 0.6) is 0 Å². The highest BCUT2D eigenvalue weighted by molar-refractivity contribution is 6.04. The number of hydrogen-bond acceptors (Lipinski definition) is 3. The summed E-state index contributed by atoms with van der Waals surface area (Å²) in [6, 6.07) is 6.91. The summed E-state index contributed by atoms with van der Waals surface area (Å²) in [5.41, 5.74) is 0.464. The van der Waals surface area contributed by atoms with Crippen LogP contribution in [0.4, 0.5) is 10.2 Å². The molecular weight excluding hydrogens is 263 g/mol. The summed E-state index contributed by atoms with van der Waals surface area (Å²) in [4.78, 5) is 26.5. The third kappa shape index (κ3) is 2.80. The molecule has 0 saturated carbocycles. The number of halogens is 1. The molecule has 5 nitrogen and oxygen atoms in total. The van der Waals surface area contributed by atoms with Crippen LogP contribution < -0.4 is 5.32 Å². The fourth-order valence-electron chi connectivity index (χ4n) is 1.63. The number of nitrogens with zero attached hydrogens (tertiary/aromatic N) is 1. The van der Waals surface area contributed by atoms with Gasteiger partial charge in [-0.05, 0) is 36.8 Å². The Hall–Kier alpha value is -2.76. The van der Waals surface area contributed by atoms with Crippen LogP contribution in [-0.4, -0.2) is 22.0 Å². The van der Waals surface area contributed by atoms with Gasteiger partial charge in [-0.1, -0.05) is 6.07 Å². The predicted molar refractivity (Wildman–Crippen MR) is 70.3 cm³/mol. The van der Waals surface area contributed by atoms with E-state index in [4.69, 9.17) is 5.11 Å². The van der Waals surface area contributed by atoms with Gasteiger partial charge in [0.1, 0.15) is 11.6 Å². The Labute approximate surface area is 114 Å². The van der Waals surface area contributed by atoms with Gasteiger partial charge in [-0.25, -0.2) is 14.2 Å². The number of aromatic nitrogens is 1. The fraction of sp³-hybridized carbons (Fsp3) is 0.0714. The maximum absolute atomic E-state index is 13.4. The molecule has 0 aliphatic heterocycles. The number of pyridine rings is 1. The molecule has 1 heterocycles. The van der Waals surface area contributed by atoms with Gasteiger partial charge < -0.3 is 10.4 Å². The highest BCUT2D eigenvalue weighted by atomic mass is 19.1. The van der Waals surface area contributed by atoms with Crippen LogP contribution >= 0.6 is 0 Å². The van der Waals surface area contributed by atoms with Crippen molar-refractivity contribution >= 4 is 17.7 Å². The Morgan fingerprint density at radius 3 is 2.60 bits per heavy atom. The largest absolute Gasteiger partial charge is 0.478 e. The number of carboxylic acid groups (broad SMARTS) is 1. The average molecular weight is 274 g/mol. The lowest BCUT2D eigenvalue weighted by atomic mass is 10.1. The summed E-state index contributed by atoms with van der Waals surface area (Å²) in [5, 5.41) is 11.2. The van der Waals surface area contributed by atoms with E-state index in [1.807, 2.05) is 0 Å². The third-order valence-electron chi connectivity index (χ3n) is 2.76. The quantitative estimate of drug-likeness (QED) is 0.901. The molecule has 2 rings (SSSR count). The zero-order chi connectivity index (χ0) is 14.7. The number of amides is 1. The summed E-state index contributed by atoms with van der Waals surface area (Å²) in [6.45, 7) is 1.51. The minimum Gasteiger partial charge on any atom is -0.478 e. The zero-order valence-electron chi connectivity index (χ0n) is 10.6. The molecule has 0 aliphatic rings. The number of nitrogens with one attached hydrogen (secondary N) is 1. The molecule has 0 bridgehead atoms. The van der Waals surface area contributed by atoms with Gasteiger partial charge in [-0.2, -0.15) is 0 Å². The van der Waals surface area contributed by atoms with Gasteiger partial charge in [0.05, 0.1) is 5.56 Å². The van der Waals surface area contributed by atoms with E-state index >= 15 is 0 Å². The summed E-state index contributed by atoms with van der Waals surface area (Å²) in [6.07, 6.45) is 1.14. The molecule has 0 aliphatic carbocycles. The molecule has 2 aromatic rings. The van der Waals surface area contributed by atoms with Gasteiger partial charge in [-0.3, -0.25) is 4.79 Å². The Morgan fingerprint density at radius 2 is 2.00 bits per heavy atom. The number of aromatic carboxylic acids is 1. The monoisotopic (exact) mass is 274 g/mol. The standard InChI is InChI=1S/C14H11FN2O3/c1-8-10(3-2-4-11(8)15)13(18)17-12-6-5-9(7-16-12)14(19)20/h2-7H,1H3,(H,19,20)(H,16,17,18). The number of carbonyl (C=O) groups is 2. The van der Waals surface area contributed by atoms with Crippen molar-refractivity contribution in [2.45, 2.75) is 6.92 Å². The van der Waals surface area contributed by atoms with Gasteiger partial charge in [-0.15, -0.1) is 0 Å². The van der Waals surface area contributed by atoms with Gasteiger partial charge in [0, 0.05) is 11.8 Å². The van der Waals surface area contributed by atoms with E-state index in [1.165, 1.54) is 37.3 Å². The highest BCUT2D eigenvalue weighted by Gasteiger charge is 2.12. The molecule has 6 heteroatoms. The van der Waals surface area contributed by atoms with Crippen LogP contribution in [0, 0.1) is 12.7 Å². The number of hydrogen-bond donors (Lipinski definition) is 2. The van der Waals surface area contributed by atoms with Gasteiger partial charge in [0.25, 0.3) is 5.91 Å². The third-order valence-corrected chi connectivity index (χ3v) is 2.76. The second kappa shape index (κ2) is 5.48. The van der Waals surface area contributed by atoms with Gasteiger partial charge in [0.15, 0.2) is 0 Å². The minimum absolute atomic E-state index is 0.0185. The molecule has 0 saturated heterocycles. The van der Waals surface area contributed by atoms with Crippen LogP contribution in [0.15, 0.2) is 36.5 Å². The van der Waals surface area contributed by atoms with E-state index in [-0.39, 0.29) is 22.5 Å². The molecule has 1 aromatic carbocycles. The molecule has 0 atom stereocenters. The second-order valence-corrected chi connectivity index (χ2v) is 4.10. The molecule has 1 aromatic heterocycles. The average Bonchev–Trinajstić information content (AvgIpc) is 2.42. The van der Waals surface area contributed by atoms with Gasteiger partial charge >= 0.3 is 5.97 Å². The second-order valence-electron chi connectivity index (χ2n) is 4.10. The number of carboxylic acids is 1. The normalized spacial score (nSPS) is 10.1. The van der Waals surface area contributed by atoms with Crippen molar-refractivity contribution in [3.8, 4) is 0 Å². The molecule has 0 radical (unpaired) electrons. The molecule has 0 fully saturated rings. The van der Waals surface area contributed by atoms with Crippen molar-refractivity contribution in [3.63, 3.8) is 0 Å². The van der Waals surface area contributed by atoms with Crippen molar-refractivity contribution in [2.24, 2.45) is 0 Å². The van der Waals surface area contributed by atoms with E-state index < -0.39 is 17.7 Å². The van der Waals surface area contributed by atoms with Crippen molar-refractivity contribution in [2.75, 3.05) is 5.32 Å². The van der Waals surface area contributed by atoms with Crippen molar-refractivity contribution < 1.29 is 19.1 Å². The van der Waals surface area contributed by atoms with Crippen LogP contribution in [-0.2, 0) is 0 Å². The maximum Gasteiger partial charge on any atom is 0.337 e. The maximum atomic E-state index is 13.4. The van der Waals surface area contributed by atoms with Crippen LogP contribution in [0.1, 0.15) is 26.3 Å². The van der Waals surface area contributed by atoms with E-state index in [0.29, 0.717) is 0 Å². The number of rotatable bonds is 3. The molecule has 20 heavy (non-hydrogen) atoms. The lowest BCUT2D eigenvalue weighted by Gasteiger charge is -2.07. The molecule has 2 N–H and O–H groups in total. The molecular formula is C14H11FN2O3. The van der Waals surface area contributed by atoms with Crippen LogP contribution in [0.3, 0.4) is 0 Å². The van der Waals surface area contributed by atoms with Crippen LogP contribution in [0.2, 0.25) is 0 Å². The van der Waals surface area contributed by atoms with Crippen molar-refractivity contribution in [1.29, 1.82) is 0 Å². The topological polar surface area (TPSA) is 79.3 Å². The zero-order valence-corrected chi connectivity index (χ0v) is 10.6. The minimum atomic E-state index is -1.10.